The van der Waals surface area contributed by atoms with Crippen molar-refractivity contribution in [2.45, 2.75) is 12.3 Å². The van der Waals surface area contributed by atoms with Gasteiger partial charge in [-0.1, -0.05) is 29.8 Å². The minimum atomic E-state index is -0.963. The average molecular weight is 276 g/mol. The minimum absolute atomic E-state index is 0.193. The van der Waals surface area contributed by atoms with Crippen molar-refractivity contribution < 1.29 is 9.18 Å². The fourth-order valence-electron chi connectivity index (χ4n) is 2.57. The van der Waals surface area contributed by atoms with Crippen LogP contribution in [0.3, 0.4) is 0 Å². The second kappa shape index (κ2) is 4.07. The lowest BCUT2D eigenvalue weighted by Crippen LogP contribution is -2.32. The number of halogens is 2. The van der Waals surface area contributed by atoms with E-state index >= 15 is 0 Å². The molecule has 0 spiro atoms. The van der Waals surface area contributed by atoms with Crippen LogP contribution in [0.5, 0.6) is 0 Å². The molecule has 1 amide bonds. The van der Waals surface area contributed by atoms with Crippen LogP contribution in [-0.2, 0) is 10.2 Å². The summed E-state index contributed by atoms with van der Waals surface area (Å²) in [6.07, 6.45) is 0. The minimum Gasteiger partial charge on any atom is -0.325 e. The van der Waals surface area contributed by atoms with Crippen molar-refractivity contribution in [3.8, 4) is 0 Å². The van der Waals surface area contributed by atoms with Crippen molar-refractivity contribution in [1.29, 1.82) is 0 Å². The van der Waals surface area contributed by atoms with Gasteiger partial charge in [-0.25, -0.2) is 4.39 Å². The lowest BCUT2D eigenvalue weighted by molar-refractivity contribution is -0.119. The molecule has 2 aromatic carbocycles. The van der Waals surface area contributed by atoms with E-state index in [1.807, 2.05) is 0 Å². The highest BCUT2D eigenvalue weighted by molar-refractivity contribution is 6.33. The number of carbonyl (C=O) groups excluding carboxylic acids is 1. The Labute approximate surface area is 115 Å². The SMILES string of the molecule is CC1(c2cccc(F)c2)C(=O)Nc2cccc(Cl)c21. The molecule has 1 aliphatic heterocycles. The quantitative estimate of drug-likeness (QED) is 0.844. The molecule has 96 valence electrons. The highest BCUT2D eigenvalue weighted by Gasteiger charge is 2.45. The predicted molar refractivity (Wildman–Crippen MR) is 72.9 cm³/mol. The Morgan fingerprint density at radius 1 is 1.21 bits per heavy atom. The van der Waals surface area contributed by atoms with Gasteiger partial charge in [0.05, 0.1) is 5.41 Å². The maximum Gasteiger partial charge on any atom is 0.239 e. The fourth-order valence-corrected chi connectivity index (χ4v) is 2.94. The predicted octanol–water partition coefficient (Wildman–Crippen LogP) is 3.74. The van der Waals surface area contributed by atoms with Crippen LogP contribution in [0, 0.1) is 5.82 Å². The van der Waals surface area contributed by atoms with E-state index in [1.165, 1.54) is 12.1 Å². The van der Waals surface area contributed by atoms with Crippen molar-refractivity contribution in [2.24, 2.45) is 0 Å². The van der Waals surface area contributed by atoms with Gasteiger partial charge in [0, 0.05) is 16.3 Å². The van der Waals surface area contributed by atoms with Crippen LogP contribution in [0.25, 0.3) is 0 Å². The van der Waals surface area contributed by atoms with Gasteiger partial charge in [0.2, 0.25) is 5.91 Å². The third-order valence-corrected chi connectivity index (χ3v) is 3.93. The number of benzene rings is 2. The number of rotatable bonds is 1. The molecule has 3 rings (SSSR count). The van der Waals surface area contributed by atoms with E-state index in [9.17, 15) is 9.18 Å². The monoisotopic (exact) mass is 275 g/mol. The molecule has 19 heavy (non-hydrogen) atoms. The second-order valence-corrected chi connectivity index (χ2v) is 5.16. The van der Waals surface area contributed by atoms with Crippen molar-refractivity contribution in [2.75, 3.05) is 5.32 Å². The Morgan fingerprint density at radius 2 is 1.95 bits per heavy atom. The lowest BCUT2D eigenvalue weighted by Gasteiger charge is -2.23. The molecular weight excluding hydrogens is 265 g/mol. The molecule has 0 radical (unpaired) electrons. The summed E-state index contributed by atoms with van der Waals surface area (Å²) in [6, 6.07) is 11.4. The number of nitrogens with one attached hydrogen (secondary N) is 1. The van der Waals surface area contributed by atoms with Gasteiger partial charge < -0.3 is 5.32 Å². The number of carbonyl (C=O) groups is 1. The Bertz CT molecular complexity index is 686. The van der Waals surface area contributed by atoms with E-state index in [2.05, 4.69) is 5.32 Å². The van der Waals surface area contributed by atoms with Crippen LogP contribution in [0.4, 0.5) is 10.1 Å². The van der Waals surface area contributed by atoms with Crippen LogP contribution >= 0.6 is 11.6 Å². The zero-order valence-electron chi connectivity index (χ0n) is 10.2. The number of hydrogen-bond donors (Lipinski definition) is 1. The van der Waals surface area contributed by atoms with Crippen LogP contribution in [-0.4, -0.2) is 5.91 Å². The summed E-state index contributed by atoms with van der Waals surface area (Å²) in [5.41, 5.74) is 1.02. The Kier molecular flexibility index (Phi) is 2.61. The first-order chi connectivity index (χ1) is 9.03. The zero-order valence-corrected chi connectivity index (χ0v) is 11.0. The highest BCUT2D eigenvalue weighted by Crippen LogP contribution is 2.45. The maximum atomic E-state index is 13.4. The molecule has 0 aromatic heterocycles. The van der Waals surface area contributed by atoms with Crippen molar-refractivity contribution in [1.82, 2.24) is 0 Å². The molecule has 0 saturated carbocycles. The van der Waals surface area contributed by atoms with Crippen molar-refractivity contribution in [3.05, 3.63) is 64.4 Å². The van der Waals surface area contributed by atoms with Gasteiger partial charge in [0.25, 0.3) is 0 Å². The van der Waals surface area contributed by atoms with E-state index in [0.717, 1.165) is 0 Å². The van der Waals surface area contributed by atoms with Crippen LogP contribution in [0.1, 0.15) is 18.1 Å². The molecule has 2 nitrogen and oxygen atoms in total. The van der Waals surface area contributed by atoms with Gasteiger partial charge in [0.1, 0.15) is 5.82 Å². The van der Waals surface area contributed by atoms with Crippen LogP contribution in [0.15, 0.2) is 42.5 Å². The van der Waals surface area contributed by atoms with E-state index in [-0.39, 0.29) is 11.7 Å². The Balaban J connectivity index is 2.28. The molecule has 4 heteroatoms. The molecular formula is C15H11ClFNO. The van der Waals surface area contributed by atoms with Crippen molar-refractivity contribution in [3.63, 3.8) is 0 Å². The zero-order chi connectivity index (χ0) is 13.6. The molecule has 0 saturated heterocycles. The third kappa shape index (κ3) is 1.65. The molecule has 1 aliphatic rings. The average Bonchev–Trinajstić information content (AvgIpc) is 2.64. The first-order valence-electron chi connectivity index (χ1n) is 5.90. The summed E-state index contributed by atoms with van der Waals surface area (Å²) < 4.78 is 13.4. The standard InChI is InChI=1S/C15H11ClFNO/c1-15(9-4-2-5-10(17)8-9)13-11(16)6-3-7-12(13)18-14(15)19/h2-8H,1H3,(H,18,19). The number of hydrogen-bond acceptors (Lipinski definition) is 1. The van der Waals surface area contributed by atoms with Crippen molar-refractivity contribution >= 4 is 23.2 Å². The summed E-state index contributed by atoms with van der Waals surface area (Å²) in [6.45, 7) is 1.76. The summed E-state index contributed by atoms with van der Waals surface area (Å²) >= 11 is 6.22. The first-order valence-corrected chi connectivity index (χ1v) is 6.28. The Hall–Kier alpha value is -1.87. The highest BCUT2D eigenvalue weighted by atomic mass is 35.5. The first kappa shape index (κ1) is 12.2. The molecule has 1 atom stereocenters. The smallest absolute Gasteiger partial charge is 0.239 e. The lowest BCUT2D eigenvalue weighted by atomic mass is 9.77. The second-order valence-electron chi connectivity index (χ2n) is 4.75. The third-order valence-electron chi connectivity index (χ3n) is 3.62. The van der Waals surface area contributed by atoms with Gasteiger partial charge >= 0.3 is 0 Å². The maximum absolute atomic E-state index is 13.4. The summed E-state index contributed by atoms with van der Waals surface area (Å²) in [5.74, 6) is -0.562. The molecule has 0 bridgehead atoms. The molecule has 1 unspecified atom stereocenters. The summed E-state index contributed by atoms with van der Waals surface area (Å²) in [7, 11) is 0. The number of anilines is 1. The van der Waals surface area contributed by atoms with Gasteiger partial charge in [-0.2, -0.15) is 0 Å². The van der Waals surface area contributed by atoms with E-state index in [0.29, 0.717) is 21.8 Å². The summed E-state index contributed by atoms with van der Waals surface area (Å²) in [5, 5.41) is 3.30. The van der Waals surface area contributed by atoms with Crippen LogP contribution < -0.4 is 5.32 Å². The topological polar surface area (TPSA) is 29.1 Å². The van der Waals surface area contributed by atoms with Gasteiger partial charge in [-0.3, -0.25) is 4.79 Å². The van der Waals surface area contributed by atoms with Gasteiger partial charge in [-0.15, -0.1) is 0 Å². The molecule has 2 aromatic rings. The van der Waals surface area contributed by atoms with Crippen LogP contribution in [0.2, 0.25) is 5.02 Å². The Morgan fingerprint density at radius 3 is 2.68 bits per heavy atom. The molecule has 1 heterocycles. The van der Waals surface area contributed by atoms with Gasteiger partial charge in [0.15, 0.2) is 0 Å². The number of amides is 1. The van der Waals surface area contributed by atoms with E-state index < -0.39 is 5.41 Å². The van der Waals surface area contributed by atoms with E-state index in [4.69, 9.17) is 11.6 Å². The molecule has 1 N–H and O–H groups in total. The summed E-state index contributed by atoms with van der Waals surface area (Å²) in [4.78, 5) is 12.3. The largest absolute Gasteiger partial charge is 0.325 e. The number of fused-ring (bicyclic) bond motifs is 1. The normalized spacial score (nSPS) is 21.1. The van der Waals surface area contributed by atoms with Gasteiger partial charge in [-0.05, 0) is 36.8 Å². The van der Waals surface area contributed by atoms with E-state index in [1.54, 1.807) is 37.3 Å². The molecule has 0 aliphatic carbocycles. The fraction of sp³-hybridized carbons (Fsp3) is 0.133. The molecule has 0 fully saturated rings.